The summed E-state index contributed by atoms with van der Waals surface area (Å²) in [5, 5.41) is 3.58. The van der Waals surface area contributed by atoms with Crippen molar-refractivity contribution < 1.29 is 9.59 Å². The Morgan fingerprint density at radius 2 is 1.77 bits per heavy atom. The van der Waals surface area contributed by atoms with Crippen molar-refractivity contribution in [2.24, 2.45) is 0 Å². The second kappa shape index (κ2) is 10.6. The summed E-state index contributed by atoms with van der Waals surface area (Å²) in [6.45, 7) is 6.59. The van der Waals surface area contributed by atoms with Crippen LogP contribution < -0.4 is 5.32 Å². The average Bonchev–Trinajstić information content (AvgIpc) is 2.76. The molecule has 1 unspecified atom stereocenters. The molecule has 1 saturated heterocycles. The summed E-state index contributed by atoms with van der Waals surface area (Å²) in [6, 6.07) is 15.5. The quantitative estimate of drug-likeness (QED) is 0.722. The van der Waals surface area contributed by atoms with Gasteiger partial charge >= 0.3 is 0 Å². The van der Waals surface area contributed by atoms with E-state index in [9.17, 15) is 9.59 Å². The minimum atomic E-state index is -0.265. The average molecular weight is 428 g/mol. The largest absolute Gasteiger partial charge is 0.340 e. The third-order valence-electron chi connectivity index (χ3n) is 5.75. The van der Waals surface area contributed by atoms with E-state index in [1.807, 2.05) is 49.1 Å². The maximum Gasteiger partial charge on any atom is 0.241 e. The minimum Gasteiger partial charge on any atom is -0.340 e. The highest BCUT2D eigenvalue weighted by atomic mass is 35.5. The molecule has 0 aliphatic carbocycles. The zero-order valence-corrected chi connectivity index (χ0v) is 18.5. The van der Waals surface area contributed by atoms with E-state index in [-0.39, 0.29) is 17.9 Å². The van der Waals surface area contributed by atoms with E-state index in [1.54, 1.807) is 6.07 Å². The van der Waals surface area contributed by atoms with Crippen LogP contribution >= 0.6 is 11.6 Å². The van der Waals surface area contributed by atoms with Crippen molar-refractivity contribution in [1.82, 2.24) is 9.80 Å². The Bertz CT molecular complexity index is 864. The monoisotopic (exact) mass is 427 g/mol. The lowest BCUT2D eigenvalue weighted by Gasteiger charge is -2.37. The van der Waals surface area contributed by atoms with Crippen molar-refractivity contribution in [1.29, 1.82) is 0 Å². The first-order chi connectivity index (χ1) is 14.4. The molecular formula is C24H30ClN3O2. The molecule has 6 heteroatoms. The van der Waals surface area contributed by atoms with Crippen molar-refractivity contribution in [2.75, 3.05) is 31.5 Å². The predicted octanol–water partition coefficient (Wildman–Crippen LogP) is 4.14. The number of carbonyl (C=O) groups is 2. The summed E-state index contributed by atoms with van der Waals surface area (Å²) in [5.74, 6) is 0.153. The van der Waals surface area contributed by atoms with Gasteiger partial charge in [0.15, 0.2) is 0 Å². The fraction of sp³-hybridized carbons (Fsp3) is 0.417. The van der Waals surface area contributed by atoms with Gasteiger partial charge < -0.3 is 10.2 Å². The number of amides is 2. The highest BCUT2D eigenvalue weighted by Gasteiger charge is 2.27. The van der Waals surface area contributed by atoms with Crippen LogP contribution in [0.3, 0.4) is 0 Å². The summed E-state index contributed by atoms with van der Waals surface area (Å²) in [7, 11) is 0. The number of hydrogen-bond donors (Lipinski definition) is 1. The standard InChI is InChI=1S/C24H30ClN3O2/c1-18-11-12-21(25)17-22(18)26-24(30)19(2)27-13-15-28(16-14-27)23(29)10-6-9-20-7-4-3-5-8-20/h3-5,7-8,11-12,17,19H,6,9-10,13-16H2,1-2H3,(H,26,30). The lowest BCUT2D eigenvalue weighted by atomic mass is 10.1. The Balaban J connectivity index is 1.43. The molecule has 5 nitrogen and oxygen atoms in total. The van der Waals surface area contributed by atoms with Gasteiger partial charge in [-0.25, -0.2) is 0 Å². The van der Waals surface area contributed by atoms with E-state index in [1.165, 1.54) is 5.56 Å². The molecule has 0 radical (unpaired) electrons. The lowest BCUT2D eigenvalue weighted by Crippen LogP contribution is -2.54. The molecule has 1 fully saturated rings. The number of anilines is 1. The van der Waals surface area contributed by atoms with E-state index < -0.39 is 0 Å². The fourth-order valence-corrected chi connectivity index (χ4v) is 3.91. The molecule has 160 valence electrons. The van der Waals surface area contributed by atoms with Crippen molar-refractivity contribution in [3.8, 4) is 0 Å². The Hall–Kier alpha value is -2.37. The van der Waals surface area contributed by atoms with Crippen LogP contribution in [0.2, 0.25) is 5.02 Å². The number of halogens is 1. The molecule has 1 aliphatic heterocycles. The second-order valence-electron chi connectivity index (χ2n) is 7.88. The summed E-state index contributed by atoms with van der Waals surface area (Å²) < 4.78 is 0. The van der Waals surface area contributed by atoms with Crippen molar-refractivity contribution in [3.05, 3.63) is 64.7 Å². The maximum absolute atomic E-state index is 12.7. The summed E-state index contributed by atoms with van der Waals surface area (Å²) in [5.41, 5.74) is 2.99. The number of hydrogen-bond acceptors (Lipinski definition) is 3. The summed E-state index contributed by atoms with van der Waals surface area (Å²) in [6.07, 6.45) is 2.35. The van der Waals surface area contributed by atoms with E-state index in [0.29, 0.717) is 37.6 Å². The minimum absolute atomic E-state index is 0.0528. The zero-order chi connectivity index (χ0) is 21.5. The van der Waals surface area contributed by atoms with Crippen LogP contribution in [0, 0.1) is 6.92 Å². The Morgan fingerprint density at radius 1 is 1.07 bits per heavy atom. The third kappa shape index (κ3) is 6.07. The van der Waals surface area contributed by atoms with Crippen LogP contribution in [0.15, 0.2) is 48.5 Å². The van der Waals surface area contributed by atoms with Crippen LogP contribution in [0.25, 0.3) is 0 Å². The normalized spacial score (nSPS) is 15.6. The Kier molecular flexibility index (Phi) is 7.88. The van der Waals surface area contributed by atoms with E-state index >= 15 is 0 Å². The van der Waals surface area contributed by atoms with Gasteiger partial charge in [-0.05, 0) is 49.9 Å². The molecule has 1 aliphatic rings. The number of piperazine rings is 1. The van der Waals surface area contributed by atoms with Gasteiger partial charge in [-0.2, -0.15) is 0 Å². The third-order valence-corrected chi connectivity index (χ3v) is 5.99. The molecule has 2 aromatic carbocycles. The number of nitrogens with one attached hydrogen (secondary N) is 1. The maximum atomic E-state index is 12.7. The first-order valence-electron chi connectivity index (χ1n) is 10.6. The van der Waals surface area contributed by atoms with Crippen LogP contribution in [-0.4, -0.2) is 53.8 Å². The molecule has 1 atom stereocenters. The van der Waals surface area contributed by atoms with Gasteiger partial charge in [0.1, 0.15) is 0 Å². The van der Waals surface area contributed by atoms with Crippen LogP contribution in [0.5, 0.6) is 0 Å². The van der Waals surface area contributed by atoms with Gasteiger partial charge in [-0.1, -0.05) is 48.0 Å². The van der Waals surface area contributed by atoms with E-state index in [0.717, 1.165) is 24.1 Å². The first-order valence-corrected chi connectivity index (χ1v) is 10.9. The van der Waals surface area contributed by atoms with Crippen LogP contribution in [0.4, 0.5) is 5.69 Å². The van der Waals surface area contributed by atoms with Crippen molar-refractivity contribution in [3.63, 3.8) is 0 Å². The molecular weight excluding hydrogens is 398 g/mol. The van der Waals surface area contributed by atoms with E-state index in [2.05, 4.69) is 22.3 Å². The fourth-order valence-electron chi connectivity index (χ4n) is 3.74. The Morgan fingerprint density at radius 3 is 2.47 bits per heavy atom. The molecule has 1 heterocycles. The van der Waals surface area contributed by atoms with Gasteiger partial charge in [0.05, 0.1) is 6.04 Å². The van der Waals surface area contributed by atoms with Gasteiger partial charge in [0.25, 0.3) is 0 Å². The molecule has 0 saturated carbocycles. The summed E-state index contributed by atoms with van der Waals surface area (Å²) >= 11 is 6.05. The molecule has 3 rings (SSSR count). The number of rotatable bonds is 7. The van der Waals surface area contributed by atoms with E-state index in [4.69, 9.17) is 11.6 Å². The SMILES string of the molecule is Cc1ccc(Cl)cc1NC(=O)C(C)N1CCN(C(=O)CCCc2ccccc2)CC1. The van der Waals surface area contributed by atoms with Crippen molar-refractivity contribution >= 4 is 29.1 Å². The van der Waals surface area contributed by atoms with Crippen LogP contribution in [-0.2, 0) is 16.0 Å². The number of aryl methyl sites for hydroxylation is 2. The van der Waals surface area contributed by atoms with Gasteiger partial charge in [0.2, 0.25) is 11.8 Å². The zero-order valence-electron chi connectivity index (χ0n) is 17.7. The predicted molar refractivity (Wildman–Crippen MR) is 122 cm³/mol. The number of nitrogens with zero attached hydrogens (tertiary/aromatic N) is 2. The molecule has 1 N–H and O–H groups in total. The highest BCUT2D eigenvalue weighted by molar-refractivity contribution is 6.31. The van der Waals surface area contributed by atoms with Crippen molar-refractivity contribution in [2.45, 2.75) is 39.2 Å². The molecule has 0 spiro atoms. The highest BCUT2D eigenvalue weighted by Crippen LogP contribution is 2.21. The molecule has 30 heavy (non-hydrogen) atoms. The summed E-state index contributed by atoms with van der Waals surface area (Å²) in [4.78, 5) is 29.3. The molecule has 0 aromatic heterocycles. The number of carbonyl (C=O) groups excluding carboxylic acids is 2. The Labute approximate surface area is 184 Å². The smallest absolute Gasteiger partial charge is 0.241 e. The topological polar surface area (TPSA) is 52.7 Å². The van der Waals surface area contributed by atoms with Gasteiger partial charge in [-0.3, -0.25) is 14.5 Å². The lowest BCUT2D eigenvalue weighted by molar-refractivity contribution is -0.133. The number of benzene rings is 2. The molecule has 2 aromatic rings. The van der Waals surface area contributed by atoms with Crippen LogP contribution in [0.1, 0.15) is 30.9 Å². The van der Waals surface area contributed by atoms with Gasteiger partial charge in [0, 0.05) is 43.3 Å². The second-order valence-corrected chi connectivity index (χ2v) is 8.32. The van der Waals surface area contributed by atoms with Gasteiger partial charge in [-0.15, -0.1) is 0 Å². The molecule has 0 bridgehead atoms. The first kappa shape index (κ1) is 22.3. The molecule has 2 amide bonds.